The van der Waals surface area contributed by atoms with Crippen molar-refractivity contribution in [1.29, 1.82) is 0 Å². The van der Waals surface area contributed by atoms with E-state index in [-0.39, 0.29) is 5.41 Å². The van der Waals surface area contributed by atoms with E-state index in [1.54, 1.807) is 0 Å². The Labute approximate surface area is 140 Å². The van der Waals surface area contributed by atoms with Gasteiger partial charge in [0, 0.05) is 14.4 Å². The smallest absolute Gasteiger partial charge is 0.0811 e. The third kappa shape index (κ3) is 1.89. The first kappa shape index (κ1) is 13.9. The fourth-order valence-electron chi connectivity index (χ4n) is 3.95. The zero-order valence-electron chi connectivity index (χ0n) is 11.2. The highest BCUT2D eigenvalue weighted by Crippen LogP contribution is 2.57. The van der Waals surface area contributed by atoms with E-state index in [0.717, 1.165) is 8.95 Å². The Morgan fingerprint density at radius 3 is 1.67 bits per heavy atom. The van der Waals surface area contributed by atoms with Crippen LogP contribution in [0.4, 0.5) is 0 Å². The molecule has 2 aliphatic rings. The normalized spacial score (nSPS) is 25.1. The lowest BCUT2D eigenvalue weighted by Crippen LogP contribution is -2.22. The van der Waals surface area contributed by atoms with Crippen LogP contribution in [0.15, 0.2) is 45.3 Å². The van der Waals surface area contributed by atoms with E-state index < -0.39 is 12.2 Å². The minimum absolute atomic E-state index is 0.281. The van der Waals surface area contributed by atoms with Crippen molar-refractivity contribution in [2.45, 2.75) is 30.5 Å². The van der Waals surface area contributed by atoms with Gasteiger partial charge in [-0.25, -0.2) is 0 Å². The van der Waals surface area contributed by atoms with E-state index in [4.69, 9.17) is 0 Å². The molecule has 0 saturated heterocycles. The lowest BCUT2D eigenvalue weighted by atomic mass is 9.76. The molecule has 0 heterocycles. The Morgan fingerprint density at radius 1 is 0.810 bits per heavy atom. The van der Waals surface area contributed by atoms with Crippen molar-refractivity contribution in [3.63, 3.8) is 0 Å². The third-order valence-corrected chi connectivity index (χ3v) is 5.83. The Kier molecular flexibility index (Phi) is 3.09. The van der Waals surface area contributed by atoms with Gasteiger partial charge in [-0.3, -0.25) is 0 Å². The van der Waals surface area contributed by atoms with Crippen molar-refractivity contribution in [1.82, 2.24) is 0 Å². The van der Waals surface area contributed by atoms with Crippen LogP contribution in [0.5, 0.6) is 0 Å². The zero-order valence-corrected chi connectivity index (χ0v) is 14.4. The van der Waals surface area contributed by atoms with E-state index in [1.165, 1.54) is 22.3 Å². The average Bonchev–Trinajstić information content (AvgIpc) is 2.87. The van der Waals surface area contributed by atoms with Gasteiger partial charge in [0.25, 0.3) is 0 Å². The quantitative estimate of drug-likeness (QED) is 0.690. The summed E-state index contributed by atoms with van der Waals surface area (Å²) in [6.45, 7) is 0. The van der Waals surface area contributed by atoms with Gasteiger partial charge in [0.1, 0.15) is 0 Å². The fraction of sp³-hybridized carbons (Fsp3) is 0.294. The van der Waals surface area contributed by atoms with Gasteiger partial charge in [-0.2, -0.15) is 0 Å². The second-order valence-electron chi connectivity index (χ2n) is 6.00. The first-order valence-corrected chi connectivity index (χ1v) is 8.56. The molecule has 2 aliphatic carbocycles. The molecule has 2 aromatic carbocycles. The van der Waals surface area contributed by atoms with Crippen molar-refractivity contribution in [3.8, 4) is 11.1 Å². The van der Waals surface area contributed by atoms with Crippen molar-refractivity contribution in [3.05, 3.63) is 56.5 Å². The van der Waals surface area contributed by atoms with Gasteiger partial charge in [0.2, 0.25) is 0 Å². The van der Waals surface area contributed by atoms with Crippen LogP contribution in [0.2, 0.25) is 0 Å². The Bertz CT molecular complexity index is 678. The monoisotopic (exact) mass is 408 g/mol. The van der Waals surface area contributed by atoms with E-state index >= 15 is 0 Å². The van der Waals surface area contributed by atoms with E-state index in [9.17, 15) is 10.2 Å². The number of hydrogen-bond donors (Lipinski definition) is 2. The van der Waals surface area contributed by atoms with Crippen LogP contribution in [0.3, 0.4) is 0 Å². The maximum absolute atomic E-state index is 10.1. The van der Waals surface area contributed by atoms with Crippen LogP contribution < -0.4 is 0 Å². The molecule has 1 saturated carbocycles. The van der Waals surface area contributed by atoms with Gasteiger partial charge < -0.3 is 10.2 Å². The van der Waals surface area contributed by atoms with Crippen molar-refractivity contribution < 1.29 is 10.2 Å². The highest BCUT2D eigenvalue weighted by Gasteiger charge is 2.51. The summed E-state index contributed by atoms with van der Waals surface area (Å²) in [4.78, 5) is 0. The summed E-state index contributed by atoms with van der Waals surface area (Å²) >= 11 is 7.10. The molecule has 2 N–H and O–H groups in total. The summed E-state index contributed by atoms with van der Waals surface area (Å²) in [6, 6.07) is 12.6. The van der Waals surface area contributed by atoms with Crippen molar-refractivity contribution in [2.24, 2.45) is 0 Å². The molecule has 0 aromatic heterocycles. The molecule has 108 valence electrons. The lowest BCUT2D eigenvalue weighted by molar-refractivity contribution is 0.0438. The van der Waals surface area contributed by atoms with Gasteiger partial charge in [-0.05, 0) is 59.4 Å². The number of fused-ring (bicyclic) bond motifs is 5. The van der Waals surface area contributed by atoms with Crippen molar-refractivity contribution in [2.75, 3.05) is 0 Å². The second kappa shape index (κ2) is 4.66. The topological polar surface area (TPSA) is 40.5 Å². The van der Waals surface area contributed by atoms with Crippen molar-refractivity contribution >= 4 is 31.9 Å². The number of hydrogen-bond acceptors (Lipinski definition) is 2. The number of aliphatic hydroxyl groups is 2. The van der Waals surface area contributed by atoms with Gasteiger partial charge in [-0.15, -0.1) is 0 Å². The summed E-state index contributed by atoms with van der Waals surface area (Å²) in [5.74, 6) is 0. The van der Waals surface area contributed by atoms with Crippen LogP contribution in [0, 0.1) is 0 Å². The predicted molar refractivity (Wildman–Crippen MR) is 89.3 cm³/mol. The summed E-state index contributed by atoms with van der Waals surface area (Å²) in [5, 5.41) is 20.3. The van der Waals surface area contributed by atoms with E-state index in [1.807, 2.05) is 12.1 Å². The molecule has 0 amide bonds. The third-order valence-electron chi connectivity index (χ3n) is 4.84. The molecule has 2 aromatic rings. The fourth-order valence-corrected chi connectivity index (χ4v) is 4.67. The molecule has 0 unspecified atom stereocenters. The summed E-state index contributed by atoms with van der Waals surface area (Å²) in [6.07, 6.45) is -0.189. The molecule has 21 heavy (non-hydrogen) atoms. The number of aliphatic hydroxyl groups excluding tert-OH is 2. The summed E-state index contributed by atoms with van der Waals surface area (Å²) in [5.41, 5.74) is 4.56. The Morgan fingerprint density at radius 2 is 1.24 bits per heavy atom. The largest absolute Gasteiger partial charge is 0.390 e. The first-order valence-electron chi connectivity index (χ1n) is 6.98. The maximum Gasteiger partial charge on any atom is 0.0811 e. The van der Waals surface area contributed by atoms with E-state index in [2.05, 4.69) is 56.1 Å². The molecule has 0 aliphatic heterocycles. The van der Waals surface area contributed by atoms with Gasteiger partial charge >= 0.3 is 0 Å². The second-order valence-corrected chi connectivity index (χ2v) is 7.84. The molecular weight excluding hydrogens is 396 g/mol. The van der Waals surface area contributed by atoms with Crippen LogP contribution in [0.1, 0.15) is 24.0 Å². The molecule has 2 atom stereocenters. The molecular formula is C17H14Br2O2. The van der Waals surface area contributed by atoms with Crippen LogP contribution in [-0.4, -0.2) is 22.4 Å². The standard InChI is InChI=1S/C17H14Br2O2/c18-9-1-3-11-12-4-2-10(19)6-14(12)17(13(11)5-9)7-15(20)16(21)8-17/h1-6,15-16,20-21H,7-8H2/t15-,16+. The highest BCUT2D eigenvalue weighted by atomic mass is 79.9. The zero-order chi connectivity index (χ0) is 14.8. The van der Waals surface area contributed by atoms with Crippen LogP contribution in [0.25, 0.3) is 11.1 Å². The van der Waals surface area contributed by atoms with Gasteiger partial charge in [0.05, 0.1) is 12.2 Å². The summed E-state index contributed by atoms with van der Waals surface area (Å²) in [7, 11) is 0. The first-order chi connectivity index (χ1) is 10.0. The minimum Gasteiger partial charge on any atom is -0.390 e. The molecule has 1 spiro atoms. The minimum atomic E-state index is -0.665. The average molecular weight is 410 g/mol. The lowest BCUT2D eigenvalue weighted by Gasteiger charge is -2.26. The SMILES string of the molecule is O[C@@H]1CC2(C[C@@H]1O)c1cc(Br)ccc1-c1ccc(Br)cc12. The molecule has 2 nitrogen and oxygen atoms in total. The molecule has 0 radical (unpaired) electrons. The number of benzene rings is 2. The maximum atomic E-state index is 10.1. The Hall–Kier alpha value is -0.680. The number of halogens is 2. The molecule has 0 bridgehead atoms. The van der Waals surface area contributed by atoms with Gasteiger partial charge in [0.15, 0.2) is 0 Å². The summed E-state index contributed by atoms with van der Waals surface area (Å²) < 4.78 is 2.06. The van der Waals surface area contributed by atoms with Crippen LogP contribution in [-0.2, 0) is 5.41 Å². The predicted octanol–water partition coefficient (Wildman–Crippen LogP) is 3.99. The van der Waals surface area contributed by atoms with Crippen LogP contribution >= 0.6 is 31.9 Å². The molecule has 4 heteroatoms. The Balaban J connectivity index is 2.03. The molecule has 4 rings (SSSR count). The molecule has 1 fully saturated rings. The highest BCUT2D eigenvalue weighted by molar-refractivity contribution is 9.10. The van der Waals surface area contributed by atoms with Gasteiger partial charge in [-0.1, -0.05) is 44.0 Å². The van der Waals surface area contributed by atoms with E-state index in [0.29, 0.717) is 12.8 Å². The number of rotatable bonds is 0.